The Balaban J connectivity index is 1.70. The second-order valence-electron chi connectivity index (χ2n) is 9.89. The van der Waals surface area contributed by atoms with Gasteiger partial charge in [0.05, 0.1) is 18.0 Å². The van der Waals surface area contributed by atoms with Crippen molar-refractivity contribution in [1.82, 2.24) is 14.9 Å². The number of halogens is 1. The molecule has 7 nitrogen and oxygen atoms in total. The Hall–Kier alpha value is -3.60. The summed E-state index contributed by atoms with van der Waals surface area (Å²) < 4.78 is 15.0. The number of Topliss-reactive ketones (excluding diaryl/α,β-unsaturated/α-hetero) is 1. The van der Waals surface area contributed by atoms with E-state index in [0.29, 0.717) is 49.8 Å². The molecule has 1 saturated heterocycles. The maximum absolute atomic E-state index is 15.0. The second kappa shape index (κ2) is 8.56. The van der Waals surface area contributed by atoms with Gasteiger partial charge < -0.3 is 14.6 Å². The second-order valence-corrected chi connectivity index (χ2v) is 9.89. The summed E-state index contributed by atoms with van der Waals surface area (Å²) in [6, 6.07) is 6.62. The average Bonchev–Trinajstić information content (AvgIpc) is 2.86. The van der Waals surface area contributed by atoms with Crippen LogP contribution in [-0.2, 0) is 21.4 Å². The summed E-state index contributed by atoms with van der Waals surface area (Å²) in [5, 5.41) is 0. The van der Waals surface area contributed by atoms with E-state index in [1.165, 1.54) is 6.07 Å². The third-order valence-corrected chi connectivity index (χ3v) is 7.94. The molecule has 8 heteroatoms. The van der Waals surface area contributed by atoms with Gasteiger partial charge in [0.15, 0.2) is 5.78 Å². The summed E-state index contributed by atoms with van der Waals surface area (Å²) in [6.07, 6.45) is 3.15. The van der Waals surface area contributed by atoms with E-state index in [1.54, 1.807) is 36.1 Å². The molecule has 3 atom stereocenters. The number of anilines is 1. The molecule has 1 fully saturated rings. The first-order valence-electron chi connectivity index (χ1n) is 12.1. The molecule has 1 aliphatic heterocycles. The highest BCUT2D eigenvalue weighted by atomic mass is 19.1. The van der Waals surface area contributed by atoms with E-state index in [9.17, 15) is 9.59 Å². The van der Waals surface area contributed by atoms with Crippen molar-refractivity contribution in [1.29, 1.82) is 0 Å². The third-order valence-electron chi connectivity index (χ3n) is 7.94. The molecule has 0 bridgehead atoms. The number of hydrogen-bond acceptors (Lipinski definition) is 5. The Morgan fingerprint density at radius 1 is 1.20 bits per heavy atom. The van der Waals surface area contributed by atoms with E-state index < -0.39 is 5.41 Å². The topological polar surface area (TPSA) is 70.8 Å². The number of carbonyl (C=O) groups excluding carboxylic acids is 2. The van der Waals surface area contributed by atoms with Crippen LogP contribution in [0.2, 0.25) is 0 Å². The van der Waals surface area contributed by atoms with Gasteiger partial charge in [-0.15, -0.1) is 0 Å². The minimum absolute atomic E-state index is 0.00113. The molecule has 0 N–H and O–H groups in total. The van der Waals surface area contributed by atoms with Crippen LogP contribution in [0.4, 0.5) is 10.3 Å². The summed E-state index contributed by atoms with van der Waals surface area (Å²) in [5.74, 6) is -0.228. The van der Waals surface area contributed by atoms with Crippen LogP contribution in [0.1, 0.15) is 38.4 Å². The predicted octanol–water partition coefficient (Wildman–Crippen LogP) is 3.79. The first-order chi connectivity index (χ1) is 16.7. The van der Waals surface area contributed by atoms with Crippen molar-refractivity contribution in [3.63, 3.8) is 0 Å². The SMILES string of the molecule is [C-]#[N+]C1=C[C@@]2(C)c3nc(N4CCN(C(C)=O)CC4)nc(-c4ccccc4F)c3CC[C@@H]2[C@@H](C)C1=O. The predicted molar refractivity (Wildman–Crippen MR) is 130 cm³/mol. The van der Waals surface area contributed by atoms with Gasteiger partial charge in [0.1, 0.15) is 5.82 Å². The molecule has 35 heavy (non-hydrogen) atoms. The molecule has 0 spiro atoms. The molecular formula is C27H28FN5O2. The summed E-state index contributed by atoms with van der Waals surface area (Å²) in [6.45, 7) is 15.4. The Kier molecular flexibility index (Phi) is 5.66. The van der Waals surface area contributed by atoms with Gasteiger partial charge in [0, 0.05) is 55.6 Å². The van der Waals surface area contributed by atoms with Crippen LogP contribution < -0.4 is 4.90 Å². The molecular weight excluding hydrogens is 445 g/mol. The molecule has 2 aliphatic carbocycles. The molecule has 1 amide bonds. The highest BCUT2D eigenvalue weighted by Gasteiger charge is 2.49. The number of fused-ring (bicyclic) bond motifs is 3. The van der Waals surface area contributed by atoms with E-state index in [2.05, 4.69) is 4.85 Å². The van der Waals surface area contributed by atoms with Gasteiger partial charge in [-0.2, -0.15) is 0 Å². The zero-order valence-electron chi connectivity index (χ0n) is 20.2. The van der Waals surface area contributed by atoms with Crippen molar-refractivity contribution in [2.45, 2.75) is 39.0 Å². The van der Waals surface area contributed by atoms with Crippen LogP contribution in [0, 0.1) is 24.2 Å². The maximum atomic E-state index is 15.0. The number of aromatic nitrogens is 2. The molecule has 180 valence electrons. The van der Waals surface area contributed by atoms with Crippen LogP contribution >= 0.6 is 0 Å². The third kappa shape index (κ3) is 3.70. The standard InChI is InChI=1S/C27H28FN5O2/c1-16-20-10-9-19-23(18-7-5-6-8-21(18)28)30-26(33-13-11-32(12-14-33)17(2)34)31-25(19)27(20,3)15-22(29-4)24(16)35/h5-8,15-16,20H,9-14H2,1-3H3/t16-,20-,27-/m1/s1. The first kappa shape index (κ1) is 23.2. The number of ketones is 1. The van der Waals surface area contributed by atoms with E-state index in [0.717, 1.165) is 17.7 Å². The lowest BCUT2D eigenvalue weighted by Crippen LogP contribution is -2.49. The normalized spacial score (nSPS) is 25.9. The molecule has 0 saturated carbocycles. The Bertz CT molecular complexity index is 1290. The number of carbonyl (C=O) groups is 2. The Morgan fingerprint density at radius 3 is 2.57 bits per heavy atom. The summed E-state index contributed by atoms with van der Waals surface area (Å²) in [7, 11) is 0. The molecule has 2 aromatic rings. The van der Waals surface area contributed by atoms with Crippen molar-refractivity contribution < 1.29 is 14.0 Å². The van der Waals surface area contributed by atoms with Gasteiger partial charge >= 0.3 is 0 Å². The minimum atomic E-state index is -0.639. The average molecular weight is 474 g/mol. The van der Waals surface area contributed by atoms with Gasteiger partial charge in [-0.1, -0.05) is 32.1 Å². The Morgan fingerprint density at radius 2 is 1.91 bits per heavy atom. The van der Waals surface area contributed by atoms with Crippen molar-refractivity contribution in [2.75, 3.05) is 31.1 Å². The van der Waals surface area contributed by atoms with Crippen LogP contribution in [0.5, 0.6) is 0 Å². The molecule has 3 aliphatic rings. The van der Waals surface area contributed by atoms with Gasteiger partial charge in [0.2, 0.25) is 17.6 Å². The van der Waals surface area contributed by atoms with Crippen LogP contribution in [0.15, 0.2) is 36.0 Å². The molecule has 1 aromatic carbocycles. The number of nitrogens with zero attached hydrogens (tertiary/aromatic N) is 5. The fourth-order valence-electron chi connectivity index (χ4n) is 5.97. The molecule has 2 heterocycles. The molecule has 1 aromatic heterocycles. The largest absolute Gasteiger partial charge is 0.339 e. The zero-order chi connectivity index (χ0) is 24.9. The van der Waals surface area contributed by atoms with Crippen LogP contribution in [0.3, 0.4) is 0 Å². The number of allylic oxidation sites excluding steroid dienone is 2. The maximum Gasteiger partial charge on any atom is 0.226 e. The van der Waals surface area contributed by atoms with E-state index in [-0.39, 0.29) is 35.0 Å². The highest BCUT2D eigenvalue weighted by molar-refractivity contribution is 6.00. The minimum Gasteiger partial charge on any atom is -0.339 e. The molecule has 5 rings (SSSR count). The number of piperazine rings is 1. The number of amides is 1. The number of rotatable bonds is 2. The Labute approximate surface area is 204 Å². The van der Waals surface area contributed by atoms with E-state index >= 15 is 4.39 Å². The number of benzene rings is 1. The summed E-state index contributed by atoms with van der Waals surface area (Å²) in [5.41, 5.74) is 2.14. The van der Waals surface area contributed by atoms with Crippen LogP contribution in [0.25, 0.3) is 16.1 Å². The zero-order valence-corrected chi connectivity index (χ0v) is 20.2. The van der Waals surface area contributed by atoms with Gasteiger partial charge in [-0.05, 0) is 30.9 Å². The fraction of sp³-hybridized carbons (Fsp3) is 0.444. The number of hydrogen-bond donors (Lipinski definition) is 0. The van der Waals surface area contributed by atoms with Gasteiger partial charge in [-0.25, -0.2) is 19.2 Å². The first-order valence-corrected chi connectivity index (χ1v) is 12.1. The quantitative estimate of drug-likeness (QED) is 0.621. The smallest absolute Gasteiger partial charge is 0.226 e. The lowest BCUT2D eigenvalue weighted by Gasteiger charge is -2.46. The molecule has 0 radical (unpaired) electrons. The fourth-order valence-corrected chi connectivity index (χ4v) is 5.97. The summed E-state index contributed by atoms with van der Waals surface area (Å²) in [4.78, 5) is 41.9. The molecule has 0 unspecified atom stereocenters. The van der Waals surface area contributed by atoms with E-state index in [4.69, 9.17) is 16.5 Å². The monoisotopic (exact) mass is 473 g/mol. The van der Waals surface area contributed by atoms with Crippen molar-refractivity contribution in [3.05, 3.63) is 64.5 Å². The van der Waals surface area contributed by atoms with Crippen molar-refractivity contribution >= 4 is 17.6 Å². The lowest BCUT2D eigenvalue weighted by atomic mass is 9.58. The van der Waals surface area contributed by atoms with Crippen LogP contribution in [-0.4, -0.2) is 52.7 Å². The van der Waals surface area contributed by atoms with Crippen molar-refractivity contribution in [3.8, 4) is 11.3 Å². The van der Waals surface area contributed by atoms with Gasteiger partial charge in [-0.3, -0.25) is 4.79 Å². The van der Waals surface area contributed by atoms with E-state index in [1.807, 2.05) is 18.7 Å². The van der Waals surface area contributed by atoms with Crippen molar-refractivity contribution in [2.24, 2.45) is 11.8 Å². The summed E-state index contributed by atoms with van der Waals surface area (Å²) >= 11 is 0. The van der Waals surface area contributed by atoms with Gasteiger partial charge in [0.25, 0.3) is 0 Å². The lowest BCUT2D eigenvalue weighted by molar-refractivity contribution is -0.129. The highest BCUT2D eigenvalue weighted by Crippen LogP contribution is 2.51.